The Balaban J connectivity index is 2.00. The van der Waals surface area contributed by atoms with Crippen molar-refractivity contribution >= 4 is 16.7 Å². The van der Waals surface area contributed by atoms with Crippen molar-refractivity contribution < 1.29 is 13.9 Å². The fourth-order valence-corrected chi connectivity index (χ4v) is 2.39. The minimum absolute atomic E-state index is 0.143. The second kappa shape index (κ2) is 6.16. The maximum absolute atomic E-state index is 13.4. The highest BCUT2D eigenvalue weighted by Crippen LogP contribution is 2.28. The molecule has 0 spiro atoms. The lowest BCUT2D eigenvalue weighted by atomic mass is 10.1. The summed E-state index contributed by atoms with van der Waals surface area (Å²) in [4.78, 5) is 8.33. The van der Waals surface area contributed by atoms with E-state index in [0.29, 0.717) is 5.82 Å². The minimum Gasteiger partial charge on any atom is -0.389 e. The Morgan fingerprint density at radius 1 is 1.25 bits per heavy atom. The first-order chi connectivity index (χ1) is 11.3. The standard InChI is InChI=1S/C17H18F2N4O/c1-17(2,24)10-21-12-5-6-14(22-15(12)16(18)19)23-9-7-11-13(23)4-3-8-20-11/h3-9,16,21,24H,10H2,1-2H3. The third kappa shape index (κ3) is 3.35. The first kappa shape index (κ1) is 16.3. The first-order valence-electron chi connectivity index (χ1n) is 7.53. The van der Waals surface area contributed by atoms with E-state index in [2.05, 4.69) is 15.3 Å². The van der Waals surface area contributed by atoms with Crippen LogP contribution in [0.15, 0.2) is 42.7 Å². The Morgan fingerprint density at radius 2 is 2.04 bits per heavy atom. The van der Waals surface area contributed by atoms with E-state index in [-0.39, 0.29) is 17.9 Å². The normalized spacial score (nSPS) is 12.1. The second-order valence-electron chi connectivity index (χ2n) is 6.16. The molecule has 7 heteroatoms. The largest absolute Gasteiger partial charge is 0.389 e. The van der Waals surface area contributed by atoms with Gasteiger partial charge in [-0.05, 0) is 44.2 Å². The summed E-state index contributed by atoms with van der Waals surface area (Å²) in [5.74, 6) is 0.391. The van der Waals surface area contributed by atoms with Crippen molar-refractivity contribution in [2.45, 2.75) is 25.9 Å². The van der Waals surface area contributed by atoms with E-state index in [9.17, 15) is 13.9 Å². The van der Waals surface area contributed by atoms with Gasteiger partial charge < -0.3 is 10.4 Å². The van der Waals surface area contributed by atoms with Gasteiger partial charge in [0.05, 0.1) is 22.3 Å². The van der Waals surface area contributed by atoms with Crippen LogP contribution in [0.2, 0.25) is 0 Å². The summed E-state index contributed by atoms with van der Waals surface area (Å²) in [7, 11) is 0. The number of fused-ring (bicyclic) bond motifs is 1. The molecule has 0 fully saturated rings. The zero-order chi connectivity index (χ0) is 17.3. The van der Waals surface area contributed by atoms with Crippen LogP contribution in [0.1, 0.15) is 26.0 Å². The molecule has 0 atom stereocenters. The molecule has 2 N–H and O–H groups in total. The molecule has 0 bridgehead atoms. The van der Waals surface area contributed by atoms with Gasteiger partial charge in [0, 0.05) is 18.9 Å². The van der Waals surface area contributed by atoms with Gasteiger partial charge in [0.1, 0.15) is 11.5 Å². The highest BCUT2D eigenvalue weighted by atomic mass is 19.3. The average Bonchev–Trinajstić information content (AvgIpc) is 2.96. The SMILES string of the molecule is CC(C)(O)CNc1ccc(-n2ccc3ncccc32)nc1C(F)F. The van der Waals surface area contributed by atoms with E-state index < -0.39 is 12.0 Å². The number of aromatic nitrogens is 3. The molecule has 0 unspecified atom stereocenters. The molecule has 0 saturated carbocycles. The first-order valence-corrected chi connectivity index (χ1v) is 7.53. The van der Waals surface area contributed by atoms with Gasteiger partial charge in [0.2, 0.25) is 0 Å². The highest BCUT2D eigenvalue weighted by Gasteiger charge is 2.19. The third-order valence-electron chi connectivity index (χ3n) is 3.53. The van der Waals surface area contributed by atoms with Crippen LogP contribution in [-0.2, 0) is 0 Å². The molecule has 24 heavy (non-hydrogen) atoms. The lowest BCUT2D eigenvalue weighted by Gasteiger charge is -2.20. The minimum atomic E-state index is -2.73. The van der Waals surface area contributed by atoms with Gasteiger partial charge in [0.15, 0.2) is 0 Å². The number of nitrogens with one attached hydrogen (secondary N) is 1. The Hall–Kier alpha value is -2.54. The molecule has 3 heterocycles. The summed E-state index contributed by atoms with van der Waals surface area (Å²) in [6.07, 6.45) is 0.697. The number of hydrogen-bond acceptors (Lipinski definition) is 4. The molecule has 0 aliphatic carbocycles. The molecule has 0 aliphatic rings. The maximum atomic E-state index is 13.4. The zero-order valence-corrected chi connectivity index (χ0v) is 13.4. The van der Waals surface area contributed by atoms with Crippen molar-refractivity contribution in [1.82, 2.24) is 14.5 Å². The van der Waals surface area contributed by atoms with E-state index in [0.717, 1.165) is 11.0 Å². The number of hydrogen-bond donors (Lipinski definition) is 2. The van der Waals surface area contributed by atoms with Gasteiger partial charge >= 0.3 is 0 Å². The molecule has 0 radical (unpaired) electrons. The summed E-state index contributed by atoms with van der Waals surface area (Å²) >= 11 is 0. The molecule has 3 rings (SSSR count). The van der Waals surface area contributed by atoms with Crippen molar-refractivity contribution in [1.29, 1.82) is 0 Å². The predicted octanol–water partition coefficient (Wildman–Crippen LogP) is 3.54. The number of aliphatic hydroxyl groups is 1. The highest BCUT2D eigenvalue weighted by molar-refractivity contribution is 5.77. The molecule has 0 aromatic carbocycles. The fraction of sp³-hybridized carbons (Fsp3) is 0.294. The van der Waals surface area contributed by atoms with Gasteiger partial charge in [-0.2, -0.15) is 0 Å². The topological polar surface area (TPSA) is 63.0 Å². The van der Waals surface area contributed by atoms with E-state index in [1.807, 2.05) is 6.07 Å². The summed E-state index contributed by atoms with van der Waals surface area (Å²) in [6, 6.07) is 8.65. The smallest absolute Gasteiger partial charge is 0.282 e. The molecular weight excluding hydrogens is 314 g/mol. The Labute approximate surface area is 138 Å². The van der Waals surface area contributed by atoms with Crippen LogP contribution in [0.25, 0.3) is 16.9 Å². The number of pyridine rings is 2. The van der Waals surface area contributed by atoms with Crippen molar-refractivity contribution in [3.63, 3.8) is 0 Å². The molecule has 3 aromatic heterocycles. The molecule has 3 aromatic rings. The summed E-state index contributed by atoms with van der Waals surface area (Å²) < 4.78 is 28.5. The van der Waals surface area contributed by atoms with Crippen LogP contribution >= 0.6 is 0 Å². The van der Waals surface area contributed by atoms with Crippen LogP contribution in [0, 0.1) is 0 Å². The summed E-state index contributed by atoms with van der Waals surface area (Å²) in [5, 5.41) is 12.6. The Kier molecular flexibility index (Phi) is 4.19. The second-order valence-corrected chi connectivity index (χ2v) is 6.16. The van der Waals surface area contributed by atoms with Gasteiger partial charge in [-0.25, -0.2) is 13.8 Å². The lowest BCUT2D eigenvalue weighted by molar-refractivity contribution is 0.0942. The van der Waals surface area contributed by atoms with Crippen molar-refractivity contribution in [2.24, 2.45) is 0 Å². The zero-order valence-electron chi connectivity index (χ0n) is 13.4. The van der Waals surface area contributed by atoms with Crippen LogP contribution < -0.4 is 5.32 Å². The quantitative estimate of drug-likeness (QED) is 0.750. The van der Waals surface area contributed by atoms with E-state index >= 15 is 0 Å². The van der Waals surface area contributed by atoms with E-state index in [1.165, 1.54) is 0 Å². The van der Waals surface area contributed by atoms with Crippen molar-refractivity contribution in [3.05, 3.63) is 48.4 Å². The lowest BCUT2D eigenvalue weighted by Crippen LogP contribution is -2.29. The number of rotatable bonds is 5. The molecule has 126 valence electrons. The van der Waals surface area contributed by atoms with Gasteiger partial charge in [-0.15, -0.1) is 0 Å². The van der Waals surface area contributed by atoms with Gasteiger partial charge in [-0.3, -0.25) is 9.55 Å². The monoisotopic (exact) mass is 332 g/mol. The Morgan fingerprint density at radius 3 is 2.75 bits per heavy atom. The Bertz CT molecular complexity index is 855. The number of halogens is 2. The molecule has 5 nitrogen and oxygen atoms in total. The van der Waals surface area contributed by atoms with Crippen molar-refractivity contribution in [2.75, 3.05) is 11.9 Å². The fourth-order valence-electron chi connectivity index (χ4n) is 2.39. The van der Waals surface area contributed by atoms with Crippen LogP contribution in [-0.4, -0.2) is 31.8 Å². The molecule has 0 amide bonds. The molecule has 0 saturated heterocycles. The maximum Gasteiger partial charge on any atom is 0.282 e. The van der Waals surface area contributed by atoms with E-state index in [4.69, 9.17) is 0 Å². The molecular formula is C17H18F2N4O. The van der Waals surface area contributed by atoms with Crippen LogP contribution in [0.5, 0.6) is 0 Å². The third-order valence-corrected chi connectivity index (χ3v) is 3.53. The molecule has 0 aliphatic heterocycles. The van der Waals surface area contributed by atoms with Crippen LogP contribution in [0.3, 0.4) is 0 Å². The summed E-state index contributed by atoms with van der Waals surface area (Å²) in [6.45, 7) is 3.34. The van der Waals surface area contributed by atoms with Crippen molar-refractivity contribution in [3.8, 4) is 5.82 Å². The number of nitrogens with zero attached hydrogens (tertiary/aromatic N) is 3. The number of alkyl halides is 2. The number of anilines is 1. The van der Waals surface area contributed by atoms with Crippen LogP contribution in [0.4, 0.5) is 14.5 Å². The van der Waals surface area contributed by atoms with E-state index in [1.54, 1.807) is 55.1 Å². The van der Waals surface area contributed by atoms with Gasteiger partial charge in [0.25, 0.3) is 6.43 Å². The van der Waals surface area contributed by atoms with Gasteiger partial charge in [-0.1, -0.05) is 0 Å². The average molecular weight is 332 g/mol. The predicted molar refractivity (Wildman–Crippen MR) is 88.6 cm³/mol. The summed E-state index contributed by atoms with van der Waals surface area (Å²) in [5.41, 5.74) is 0.415.